The monoisotopic (exact) mass is 252 g/mol. The first-order valence-electron chi connectivity index (χ1n) is 6.69. The van der Waals surface area contributed by atoms with Crippen molar-refractivity contribution in [2.75, 3.05) is 13.1 Å². The van der Waals surface area contributed by atoms with Crippen molar-refractivity contribution in [1.82, 2.24) is 15.1 Å². The lowest BCUT2D eigenvalue weighted by atomic mass is 10.2. The van der Waals surface area contributed by atoms with E-state index in [4.69, 9.17) is 5.73 Å². The molecule has 1 rings (SSSR count). The normalized spacial score (nSPS) is 10.6. The maximum absolute atomic E-state index is 11.9. The fourth-order valence-electron chi connectivity index (χ4n) is 1.91. The van der Waals surface area contributed by atoms with Crippen LogP contribution in [0, 0.1) is 0 Å². The van der Waals surface area contributed by atoms with Crippen LogP contribution < -0.4 is 11.1 Å². The summed E-state index contributed by atoms with van der Waals surface area (Å²) in [6.07, 6.45) is 6.89. The smallest absolute Gasteiger partial charge is 0.254 e. The highest BCUT2D eigenvalue weighted by Gasteiger charge is 2.13. The average molecular weight is 252 g/mol. The topological polar surface area (TPSA) is 72.9 Å². The molecule has 18 heavy (non-hydrogen) atoms. The van der Waals surface area contributed by atoms with Gasteiger partial charge < -0.3 is 11.1 Å². The Balaban J connectivity index is 2.32. The summed E-state index contributed by atoms with van der Waals surface area (Å²) >= 11 is 0. The number of rotatable bonds is 8. The van der Waals surface area contributed by atoms with Gasteiger partial charge in [-0.3, -0.25) is 9.48 Å². The molecular weight excluding hydrogens is 228 g/mol. The summed E-state index contributed by atoms with van der Waals surface area (Å²) in [6.45, 7) is 3.48. The molecule has 0 aliphatic carbocycles. The van der Waals surface area contributed by atoms with Crippen molar-refractivity contribution in [3.8, 4) is 0 Å². The van der Waals surface area contributed by atoms with Crippen molar-refractivity contribution in [1.29, 1.82) is 0 Å². The molecule has 0 spiro atoms. The quantitative estimate of drug-likeness (QED) is 0.683. The fraction of sp³-hybridized carbons (Fsp3) is 0.692. The van der Waals surface area contributed by atoms with Crippen LogP contribution >= 0.6 is 0 Å². The van der Waals surface area contributed by atoms with E-state index < -0.39 is 0 Å². The van der Waals surface area contributed by atoms with Crippen molar-refractivity contribution in [3.05, 3.63) is 17.5 Å². The summed E-state index contributed by atoms with van der Waals surface area (Å²) in [6, 6.07) is 0. The second-order valence-electron chi connectivity index (χ2n) is 4.48. The molecule has 0 bridgehead atoms. The van der Waals surface area contributed by atoms with Crippen LogP contribution in [0.5, 0.6) is 0 Å². The number of nitrogens with zero attached hydrogens (tertiary/aromatic N) is 2. The molecule has 5 nitrogen and oxygen atoms in total. The minimum absolute atomic E-state index is 0.0150. The van der Waals surface area contributed by atoms with Gasteiger partial charge >= 0.3 is 0 Å². The molecule has 0 radical (unpaired) electrons. The third-order valence-electron chi connectivity index (χ3n) is 2.90. The van der Waals surface area contributed by atoms with Gasteiger partial charge in [0.25, 0.3) is 5.91 Å². The Bertz CT molecular complexity index is 373. The molecule has 5 heteroatoms. The molecule has 0 saturated carbocycles. The number of carbonyl (C=O) groups is 1. The van der Waals surface area contributed by atoms with Crippen LogP contribution in [-0.4, -0.2) is 28.8 Å². The Morgan fingerprint density at radius 3 is 2.78 bits per heavy atom. The van der Waals surface area contributed by atoms with Gasteiger partial charge in [0, 0.05) is 19.8 Å². The van der Waals surface area contributed by atoms with E-state index in [1.165, 1.54) is 0 Å². The van der Waals surface area contributed by atoms with Gasteiger partial charge in [-0.2, -0.15) is 5.10 Å². The van der Waals surface area contributed by atoms with E-state index >= 15 is 0 Å². The second-order valence-corrected chi connectivity index (χ2v) is 4.48. The Hall–Kier alpha value is -1.36. The summed E-state index contributed by atoms with van der Waals surface area (Å²) in [4.78, 5) is 11.9. The number of hydrogen-bond donors (Lipinski definition) is 2. The molecule has 0 fully saturated rings. The van der Waals surface area contributed by atoms with Gasteiger partial charge in [0.1, 0.15) is 0 Å². The number of unbranched alkanes of at least 4 members (excludes halogenated alkanes) is 3. The first-order chi connectivity index (χ1) is 8.69. The summed E-state index contributed by atoms with van der Waals surface area (Å²) in [5, 5.41) is 7.20. The molecule has 3 N–H and O–H groups in total. The third kappa shape index (κ3) is 4.49. The van der Waals surface area contributed by atoms with E-state index in [1.807, 2.05) is 14.0 Å². The van der Waals surface area contributed by atoms with Crippen molar-refractivity contribution in [2.24, 2.45) is 12.8 Å². The van der Waals surface area contributed by atoms with Crippen molar-refractivity contribution >= 4 is 5.91 Å². The van der Waals surface area contributed by atoms with Gasteiger partial charge in [-0.1, -0.05) is 19.8 Å². The minimum Gasteiger partial charge on any atom is -0.352 e. The van der Waals surface area contributed by atoms with Crippen LogP contribution in [0.25, 0.3) is 0 Å². The third-order valence-corrected chi connectivity index (χ3v) is 2.90. The summed E-state index contributed by atoms with van der Waals surface area (Å²) in [7, 11) is 1.84. The molecule has 1 aromatic rings. The number of amides is 1. The molecule has 0 aliphatic rings. The molecule has 0 saturated heterocycles. The van der Waals surface area contributed by atoms with Crippen molar-refractivity contribution in [2.45, 2.75) is 39.0 Å². The summed E-state index contributed by atoms with van der Waals surface area (Å²) < 4.78 is 1.69. The van der Waals surface area contributed by atoms with Gasteiger partial charge in [0.05, 0.1) is 11.3 Å². The Kier molecular flexibility index (Phi) is 6.43. The van der Waals surface area contributed by atoms with E-state index in [9.17, 15) is 4.79 Å². The van der Waals surface area contributed by atoms with Crippen LogP contribution in [0.15, 0.2) is 6.20 Å². The van der Waals surface area contributed by atoms with Gasteiger partial charge in [-0.15, -0.1) is 0 Å². The van der Waals surface area contributed by atoms with Crippen LogP contribution in [0.3, 0.4) is 0 Å². The van der Waals surface area contributed by atoms with E-state index in [2.05, 4.69) is 10.4 Å². The number of carbonyl (C=O) groups excluding carboxylic acids is 1. The number of aryl methyl sites for hydroxylation is 2. The SMILES string of the molecule is CCc1nn(C)cc1C(=O)NCCCCCCN. The van der Waals surface area contributed by atoms with Crippen molar-refractivity contribution < 1.29 is 4.79 Å². The summed E-state index contributed by atoms with van der Waals surface area (Å²) in [5.41, 5.74) is 6.98. The molecule has 102 valence electrons. The van der Waals surface area contributed by atoms with Crippen LogP contribution in [0.4, 0.5) is 0 Å². The van der Waals surface area contributed by atoms with Gasteiger partial charge in [0.15, 0.2) is 0 Å². The van der Waals surface area contributed by atoms with Gasteiger partial charge in [-0.05, 0) is 25.8 Å². The highest BCUT2D eigenvalue weighted by molar-refractivity contribution is 5.95. The predicted octanol–water partition coefficient (Wildman–Crippen LogP) is 1.23. The lowest BCUT2D eigenvalue weighted by Crippen LogP contribution is -2.25. The first kappa shape index (κ1) is 14.7. The second kappa shape index (κ2) is 7.87. The van der Waals surface area contributed by atoms with E-state index in [-0.39, 0.29) is 5.91 Å². The van der Waals surface area contributed by atoms with Crippen LogP contribution in [0.1, 0.15) is 48.7 Å². The van der Waals surface area contributed by atoms with Gasteiger partial charge in [-0.25, -0.2) is 0 Å². The number of hydrogen-bond acceptors (Lipinski definition) is 3. The fourth-order valence-corrected chi connectivity index (χ4v) is 1.91. The standard InChI is InChI=1S/C13H24N4O/c1-3-12-11(10-17(2)16-12)13(18)15-9-7-5-4-6-8-14/h10H,3-9,14H2,1-2H3,(H,15,18). The Morgan fingerprint density at radius 1 is 1.39 bits per heavy atom. The molecule has 1 heterocycles. The van der Waals surface area contributed by atoms with Crippen LogP contribution in [-0.2, 0) is 13.5 Å². The lowest BCUT2D eigenvalue weighted by molar-refractivity contribution is 0.0952. The molecule has 1 aromatic heterocycles. The minimum atomic E-state index is -0.0150. The predicted molar refractivity (Wildman–Crippen MR) is 72.4 cm³/mol. The van der Waals surface area contributed by atoms with E-state index in [0.29, 0.717) is 5.56 Å². The highest BCUT2D eigenvalue weighted by atomic mass is 16.1. The zero-order valence-corrected chi connectivity index (χ0v) is 11.4. The maximum Gasteiger partial charge on any atom is 0.254 e. The van der Waals surface area contributed by atoms with Gasteiger partial charge in [0.2, 0.25) is 0 Å². The van der Waals surface area contributed by atoms with E-state index in [0.717, 1.165) is 50.9 Å². The zero-order valence-electron chi connectivity index (χ0n) is 11.4. The molecule has 0 aliphatic heterocycles. The maximum atomic E-state index is 11.9. The molecule has 0 unspecified atom stereocenters. The summed E-state index contributed by atoms with van der Waals surface area (Å²) in [5.74, 6) is -0.0150. The van der Waals surface area contributed by atoms with E-state index in [1.54, 1.807) is 10.9 Å². The Labute approximate surface area is 109 Å². The molecule has 0 atom stereocenters. The lowest BCUT2D eigenvalue weighted by Gasteiger charge is -2.04. The Morgan fingerprint density at radius 2 is 2.11 bits per heavy atom. The average Bonchev–Trinajstić information content (AvgIpc) is 2.74. The highest BCUT2D eigenvalue weighted by Crippen LogP contribution is 2.07. The van der Waals surface area contributed by atoms with Crippen LogP contribution in [0.2, 0.25) is 0 Å². The number of aromatic nitrogens is 2. The number of nitrogens with two attached hydrogens (primary N) is 1. The largest absolute Gasteiger partial charge is 0.352 e. The van der Waals surface area contributed by atoms with Crippen molar-refractivity contribution in [3.63, 3.8) is 0 Å². The first-order valence-corrected chi connectivity index (χ1v) is 6.69. The molecule has 0 aromatic carbocycles. The molecular formula is C13H24N4O. The zero-order chi connectivity index (χ0) is 13.4. The number of nitrogens with one attached hydrogen (secondary N) is 1. The molecule has 1 amide bonds.